The van der Waals surface area contributed by atoms with E-state index < -0.39 is 0 Å². The Kier molecular flexibility index (Phi) is 4.05. The molecule has 2 fully saturated rings. The number of hydrogen-bond acceptors (Lipinski definition) is 3. The maximum atomic E-state index is 12.1. The van der Waals surface area contributed by atoms with Crippen LogP contribution in [0, 0.1) is 5.92 Å². The Morgan fingerprint density at radius 1 is 1.41 bits per heavy atom. The van der Waals surface area contributed by atoms with Crippen LogP contribution in [0.5, 0.6) is 0 Å². The van der Waals surface area contributed by atoms with Gasteiger partial charge in [0.05, 0.1) is 12.0 Å². The van der Waals surface area contributed by atoms with Crippen LogP contribution in [0.4, 0.5) is 0 Å². The lowest BCUT2D eigenvalue weighted by Crippen LogP contribution is -2.47. The Balaban J connectivity index is 1.80. The molecule has 17 heavy (non-hydrogen) atoms. The molecule has 2 rings (SSSR count). The number of rotatable bonds is 4. The van der Waals surface area contributed by atoms with Gasteiger partial charge in [0.2, 0.25) is 5.91 Å². The van der Waals surface area contributed by atoms with Crippen molar-refractivity contribution >= 4 is 5.91 Å². The molecule has 98 valence electrons. The average molecular weight is 241 g/mol. The summed E-state index contributed by atoms with van der Waals surface area (Å²) in [5, 5.41) is 9.06. The maximum Gasteiger partial charge on any atom is 0.225 e. The van der Waals surface area contributed by atoms with Gasteiger partial charge in [-0.05, 0) is 38.0 Å². The predicted octanol–water partition coefficient (Wildman–Crippen LogP) is 1.18. The third-order valence-electron chi connectivity index (χ3n) is 4.40. The second-order valence-electron chi connectivity index (χ2n) is 5.42. The quantitative estimate of drug-likeness (QED) is 0.804. The van der Waals surface area contributed by atoms with E-state index in [0.29, 0.717) is 12.3 Å². The van der Waals surface area contributed by atoms with Gasteiger partial charge in [-0.2, -0.15) is 0 Å². The highest BCUT2D eigenvalue weighted by Gasteiger charge is 2.40. The van der Waals surface area contributed by atoms with E-state index in [4.69, 9.17) is 9.84 Å². The van der Waals surface area contributed by atoms with Gasteiger partial charge in [0.1, 0.15) is 0 Å². The fourth-order valence-electron chi connectivity index (χ4n) is 2.78. The van der Waals surface area contributed by atoms with Crippen molar-refractivity contribution < 1.29 is 14.6 Å². The van der Waals surface area contributed by atoms with Crippen LogP contribution < -0.4 is 0 Å². The number of amides is 1. The van der Waals surface area contributed by atoms with Gasteiger partial charge in [-0.25, -0.2) is 0 Å². The standard InChI is InChI=1S/C13H23NO3/c1-17-13(5-2-6-13)9-12(16)14-7-3-11(10-15)4-8-14/h11,15H,2-10H2,1H3. The molecule has 0 radical (unpaired) electrons. The number of likely N-dealkylation sites (tertiary alicyclic amines) is 1. The zero-order chi connectivity index (χ0) is 12.3. The van der Waals surface area contributed by atoms with E-state index in [1.54, 1.807) is 7.11 Å². The molecular weight excluding hydrogens is 218 g/mol. The molecule has 0 aromatic carbocycles. The third-order valence-corrected chi connectivity index (χ3v) is 4.40. The van der Waals surface area contributed by atoms with Crippen molar-refractivity contribution in [3.8, 4) is 0 Å². The Bertz CT molecular complexity index is 262. The van der Waals surface area contributed by atoms with E-state index in [1.807, 2.05) is 4.90 Å². The van der Waals surface area contributed by atoms with Crippen LogP contribution in [0.1, 0.15) is 38.5 Å². The van der Waals surface area contributed by atoms with Crippen LogP contribution >= 0.6 is 0 Å². The second kappa shape index (κ2) is 5.36. The minimum atomic E-state index is -0.162. The molecule has 1 aliphatic heterocycles. The minimum Gasteiger partial charge on any atom is -0.396 e. The number of carbonyl (C=O) groups excluding carboxylic acids is 1. The normalized spacial score (nSPS) is 24.5. The number of nitrogens with zero attached hydrogens (tertiary/aromatic N) is 1. The fourth-order valence-corrected chi connectivity index (χ4v) is 2.78. The van der Waals surface area contributed by atoms with Gasteiger partial charge < -0.3 is 14.7 Å². The van der Waals surface area contributed by atoms with Gasteiger partial charge in [-0.15, -0.1) is 0 Å². The van der Waals surface area contributed by atoms with Crippen LogP contribution in [0.25, 0.3) is 0 Å². The summed E-state index contributed by atoms with van der Waals surface area (Å²) >= 11 is 0. The smallest absolute Gasteiger partial charge is 0.225 e. The first-order chi connectivity index (χ1) is 8.19. The molecule has 0 spiro atoms. The largest absolute Gasteiger partial charge is 0.396 e. The molecule has 0 aromatic heterocycles. The number of methoxy groups -OCH3 is 1. The van der Waals surface area contributed by atoms with Gasteiger partial charge in [0, 0.05) is 26.8 Å². The van der Waals surface area contributed by atoms with Crippen LogP contribution in [0.3, 0.4) is 0 Å². The SMILES string of the molecule is COC1(CC(=O)N2CCC(CO)CC2)CCC1. The number of aliphatic hydroxyl groups is 1. The molecule has 1 heterocycles. The number of piperidine rings is 1. The van der Waals surface area contributed by atoms with Crippen LogP contribution in [0.2, 0.25) is 0 Å². The first kappa shape index (κ1) is 12.8. The van der Waals surface area contributed by atoms with Crippen LogP contribution in [-0.4, -0.2) is 48.3 Å². The number of ether oxygens (including phenoxy) is 1. The Morgan fingerprint density at radius 2 is 2.06 bits per heavy atom. The zero-order valence-electron chi connectivity index (χ0n) is 10.7. The number of carbonyl (C=O) groups is 1. The molecule has 1 saturated heterocycles. The van der Waals surface area contributed by atoms with Crippen molar-refractivity contribution in [3.05, 3.63) is 0 Å². The van der Waals surface area contributed by atoms with Crippen molar-refractivity contribution in [1.82, 2.24) is 4.90 Å². The lowest BCUT2D eigenvalue weighted by molar-refractivity contribution is -0.145. The summed E-state index contributed by atoms with van der Waals surface area (Å²) in [4.78, 5) is 14.1. The summed E-state index contributed by atoms with van der Waals surface area (Å²) in [6, 6.07) is 0. The van der Waals surface area contributed by atoms with E-state index >= 15 is 0 Å². The van der Waals surface area contributed by atoms with E-state index in [1.165, 1.54) is 6.42 Å². The summed E-state index contributed by atoms with van der Waals surface area (Å²) < 4.78 is 5.49. The van der Waals surface area contributed by atoms with E-state index in [2.05, 4.69) is 0 Å². The van der Waals surface area contributed by atoms with Crippen molar-refractivity contribution in [2.24, 2.45) is 5.92 Å². The van der Waals surface area contributed by atoms with Gasteiger partial charge >= 0.3 is 0 Å². The van der Waals surface area contributed by atoms with Crippen molar-refractivity contribution in [2.45, 2.75) is 44.1 Å². The van der Waals surface area contributed by atoms with E-state index in [9.17, 15) is 4.79 Å². The van der Waals surface area contributed by atoms with E-state index in [-0.39, 0.29) is 18.1 Å². The summed E-state index contributed by atoms with van der Waals surface area (Å²) in [6.45, 7) is 1.84. The molecule has 1 saturated carbocycles. The first-order valence-corrected chi connectivity index (χ1v) is 6.63. The van der Waals surface area contributed by atoms with Gasteiger partial charge in [0.25, 0.3) is 0 Å². The van der Waals surface area contributed by atoms with Crippen LogP contribution in [0.15, 0.2) is 0 Å². The molecule has 0 unspecified atom stereocenters. The average Bonchev–Trinajstić information content (AvgIpc) is 2.33. The highest BCUT2D eigenvalue weighted by molar-refractivity contribution is 5.77. The molecule has 2 aliphatic rings. The molecule has 0 bridgehead atoms. The Labute approximate surface area is 103 Å². The molecule has 1 aliphatic carbocycles. The fraction of sp³-hybridized carbons (Fsp3) is 0.923. The molecule has 0 aromatic rings. The summed E-state index contributed by atoms with van der Waals surface area (Å²) in [6.07, 6.45) is 5.61. The van der Waals surface area contributed by atoms with Crippen molar-refractivity contribution in [2.75, 3.05) is 26.8 Å². The van der Waals surface area contributed by atoms with Crippen LogP contribution in [-0.2, 0) is 9.53 Å². The van der Waals surface area contributed by atoms with Gasteiger partial charge in [-0.3, -0.25) is 4.79 Å². The lowest BCUT2D eigenvalue weighted by atomic mass is 9.77. The molecule has 4 nitrogen and oxygen atoms in total. The maximum absolute atomic E-state index is 12.1. The minimum absolute atomic E-state index is 0.162. The lowest BCUT2D eigenvalue weighted by Gasteiger charge is -2.42. The molecule has 4 heteroatoms. The molecular formula is C13H23NO3. The van der Waals surface area contributed by atoms with Crippen molar-refractivity contribution in [3.63, 3.8) is 0 Å². The summed E-state index contributed by atoms with van der Waals surface area (Å²) in [7, 11) is 1.71. The number of hydrogen-bond donors (Lipinski definition) is 1. The monoisotopic (exact) mass is 241 g/mol. The zero-order valence-corrected chi connectivity index (χ0v) is 10.7. The third kappa shape index (κ3) is 2.80. The second-order valence-corrected chi connectivity index (χ2v) is 5.42. The molecule has 1 amide bonds. The Morgan fingerprint density at radius 3 is 2.47 bits per heavy atom. The molecule has 0 atom stereocenters. The highest BCUT2D eigenvalue weighted by Crippen LogP contribution is 2.38. The Hall–Kier alpha value is -0.610. The first-order valence-electron chi connectivity index (χ1n) is 6.63. The van der Waals surface area contributed by atoms with Gasteiger partial charge in [-0.1, -0.05) is 0 Å². The predicted molar refractivity (Wildman–Crippen MR) is 64.6 cm³/mol. The molecule has 1 N–H and O–H groups in total. The topological polar surface area (TPSA) is 49.8 Å². The van der Waals surface area contributed by atoms with Gasteiger partial charge in [0.15, 0.2) is 0 Å². The number of aliphatic hydroxyl groups excluding tert-OH is 1. The van der Waals surface area contributed by atoms with E-state index in [0.717, 1.165) is 38.8 Å². The summed E-state index contributed by atoms with van der Waals surface area (Å²) in [5.74, 6) is 0.613. The summed E-state index contributed by atoms with van der Waals surface area (Å²) in [5.41, 5.74) is -0.162. The van der Waals surface area contributed by atoms with Crippen molar-refractivity contribution in [1.29, 1.82) is 0 Å². The highest BCUT2D eigenvalue weighted by atomic mass is 16.5.